The molecule has 0 aliphatic carbocycles. The van der Waals surface area contributed by atoms with Gasteiger partial charge in [0.25, 0.3) is 5.66 Å². The quantitative estimate of drug-likeness (QED) is 0.775. The highest BCUT2D eigenvalue weighted by Crippen LogP contribution is 2.47. The van der Waals surface area contributed by atoms with Crippen LogP contribution in [0.5, 0.6) is 0 Å². The van der Waals surface area contributed by atoms with Crippen LogP contribution in [0.15, 0.2) is 37.8 Å². The Morgan fingerprint density at radius 2 is 2.00 bits per heavy atom. The van der Waals surface area contributed by atoms with Crippen molar-refractivity contribution in [3.63, 3.8) is 0 Å². The fourth-order valence-corrected chi connectivity index (χ4v) is 3.38. The number of nitrogens with zero attached hydrogens (tertiary/aromatic N) is 3. The lowest BCUT2D eigenvalue weighted by Gasteiger charge is -2.14. The summed E-state index contributed by atoms with van der Waals surface area (Å²) < 4.78 is 69.3. The highest BCUT2D eigenvalue weighted by molar-refractivity contribution is 7.89. The smallest absolute Gasteiger partial charge is 0.355 e. The number of nitrogens with one attached hydrogen (secondary N) is 1. The summed E-state index contributed by atoms with van der Waals surface area (Å²) in [4.78, 5) is -0.0913. The minimum Gasteiger partial charge on any atom is -0.355 e. The fourth-order valence-electron chi connectivity index (χ4n) is 2.10. The number of benzene rings is 1. The van der Waals surface area contributed by atoms with Crippen molar-refractivity contribution in [1.82, 2.24) is 9.88 Å². The summed E-state index contributed by atoms with van der Waals surface area (Å²) in [6, 6.07) is 3.96. The van der Waals surface area contributed by atoms with E-state index in [0.717, 1.165) is 0 Å². The van der Waals surface area contributed by atoms with E-state index in [9.17, 15) is 21.6 Å². The number of halogens is 4. The van der Waals surface area contributed by atoms with E-state index < -0.39 is 28.3 Å². The molecule has 0 unspecified atom stereocenters. The average molecular weight is 383 g/mol. The number of hydrogen-bond acceptors (Lipinski definition) is 6. The second-order valence-electron chi connectivity index (χ2n) is 5.15. The standard InChI is InChI=1S/C12H10ClF3N4O3S/c13-10-8-6-7(2-3-9(8)23-18-10)24(21,22)17-5-1-4-11(19-20-11)12(14,15)16/h2-3,6,17H,1,4-5H2. The Labute approximate surface area is 138 Å². The van der Waals surface area contributed by atoms with Gasteiger partial charge in [-0.1, -0.05) is 16.8 Å². The third kappa shape index (κ3) is 3.10. The number of hydrogen-bond donors (Lipinski definition) is 1. The van der Waals surface area contributed by atoms with Crippen LogP contribution in [0, 0.1) is 0 Å². The van der Waals surface area contributed by atoms with Gasteiger partial charge >= 0.3 is 6.18 Å². The molecule has 3 rings (SSSR count). The van der Waals surface area contributed by atoms with Crippen LogP contribution >= 0.6 is 11.6 Å². The second-order valence-corrected chi connectivity index (χ2v) is 7.27. The molecular weight excluding hydrogens is 373 g/mol. The van der Waals surface area contributed by atoms with Gasteiger partial charge in [0, 0.05) is 13.0 Å². The molecule has 0 spiro atoms. The Balaban J connectivity index is 1.62. The molecule has 130 valence electrons. The summed E-state index contributed by atoms with van der Waals surface area (Å²) in [6.45, 7) is -0.180. The van der Waals surface area contributed by atoms with Crippen LogP contribution in [-0.4, -0.2) is 32.0 Å². The predicted octanol–water partition coefficient (Wildman–Crippen LogP) is 3.26. The predicted molar refractivity (Wildman–Crippen MR) is 77.1 cm³/mol. The third-order valence-electron chi connectivity index (χ3n) is 3.50. The van der Waals surface area contributed by atoms with Crippen molar-refractivity contribution in [2.45, 2.75) is 29.6 Å². The number of alkyl halides is 3. The molecule has 0 radical (unpaired) electrons. The first kappa shape index (κ1) is 17.1. The monoisotopic (exact) mass is 382 g/mol. The van der Waals surface area contributed by atoms with Gasteiger partial charge in [0.15, 0.2) is 10.7 Å². The molecule has 0 atom stereocenters. The van der Waals surface area contributed by atoms with E-state index in [-0.39, 0.29) is 23.0 Å². The molecule has 1 aromatic carbocycles. The molecular formula is C12H10ClF3N4O3S. The van der Waals surface area contributed by atoms with Gasteiger partial charge in [-0.2, -0.15) is 13.2 Å². The van der Waals surface area contributed by atoms with Crippen LogP contribution in [0.25, 0.3) is 11.0 Å². The van der Waals surface area contributed by atoms with Gasteiger partial charge < -0.3 is 4.52 Å². The lowest BCUT2D eigenvalue weighted by molar-refractivity contribution is -0.165. The van der Waals surface area contributed by atoms with Crippen molar-refractivity contribution < 1.29 is 26.1 Å². The maximum Gasteiger partial charge on any atom is 0.437 e. The zero-order valence-electron chi connectivity index (χ0n) is 11.8. The largest absolute Gasteiger partial charge is 0.437 e. The SMILES string of the molecule is O=S(=O)(NCCCC1(C(F)(F)F)N=N1)c1ccc2onc(Cl)c2c1. The lowest BCUT2D eigenvalue weighted by atomic mass is 10.1. The van der Waals surface area contributed by atoms with Crippen molar-refractivity contribution in [3.8, 4) is 0 Å². The first-order chi connectivity index (χ1) is 11.1. The maximum atomic E-state index is 12.6. The van der Waals surface area contributed by atoms with E-state index >= 15 is 0 Å². The summed E-state index contributed by atoms with van der Waals surface area (Å²) >= 11 is 5.77. The molecule has 1 aliphatic rings. The van der Waals surface area contributed by atoms with Gasteiger partial charge in [-0.25, -0.2) is 13.1 Å². The summed E-state index contributed by atoms with van der Waals surface area (Å²) in [6.07, 6.45) is -5.03. The maximum absolute atomic E-state index is 12.6. The van der Waals surface area contributed by atoms with Gasteiger partial charge in [-0.05, 0) is 24.6 Å². The van der Waals surface area contributed by atoms with Crippen LogP contribution in [0.2, 0.25) is 5.15 Å². The fraction of sp³-hybridized carbons (Fsp3) is 0.417. The van der Waals surface area contributed by atoms with Gasteiger partial charge in [0.05, 0.1) is 10.3 Å². The van der Waals surface area contributed by atoms with Gasteiger partial charge in [-0.3, -0.25) is 0 Å². The Kier molecular flexibility index (Phi) is 4.04. The van der Waals surface area contributed by atoms with Crippen molar-refractivity contribution in [2.75, 3.05) is 6.54 Å². The van der Waals surface area contributed by atoms with E-state index in [0.29, 0.717) is 11.0 Å². The summed E-state index contributed by atoms with van der Waals surface area (Å²) in [7, 11) is -3.90. The van der Waals surface area contributed by atoms with Crippen molar-refractivity contribution in [1.29, 1.82) is 0 Å². The summed E-state index contributed by atoms with van der Waals surface area (Å²) in [5, 5.41) is 9.90. The third-order valence-corrected chi connectivity index (χ3v) is 5.23. The van der Waals surface area contributed by atoms with Gasteiger partial charge in [0.1, 0.15) is 0 Å². The molecule has 1 aliphatic heterocycles. The molecule has 0 bridgehead atoms. The molecule has 7 nitrogen and oxygen atoms in total. The Morgan fingerprint density at radius 3 is 2.62 bits per heavy atom. The molecule has 0 saturated heterocycles. The number of fused-ring (bicyclic) bond motifs is 1. The second kappa shape index (κ2) is 5.67. The minimum atomic E-state index is -4.55. The van der Waals surface area contributed by atoms with Crippen LogP contribution in [0.4, 0.5) is 13.2 Å². The highest BCUT2D eigenvalue weighted by Gasteiger charge is 2.63. The summed E-state index contributed by atoms with van der Waals surface area (Å²) in [5.74, 6) is 0. The lowest BCUT2D eigenvalue weighted by Crippen LogP contribution is -2.34. The van der Waals surface area contributed by atoms with Crippen molar-refractivity contribution in [3.05, 3.63) is 23.4 Å². The number of rotatable bonds is 6. The zero-order valence-corrected chi connectivity index (χ0v) is 13.4. The zero-order chi connectivity index (χ0) is 17.6. The molecule has 2 heterocycles. The van der Waals surface area contributed by atoms with E-state index in [4.69, 9.17) is 16.1 Å². The molecule has 1 aromatic heterocycles. The van der Waals surface area contributed by atoms with Gasteiger partial charge in [0.2, 0.25) is 10.0 Å². The average Bonchev–Trinajstić information content (AvgIpc) is 3.22. The van der Waals surface area contributed by atoms with E-state index in [2.05, 4.69) is 20.1 Å². The Hall–Kier alpha value is -1.72. The van der Waals surface area contributed by atoms with E-state index in [1.807, 2.05) is 0 Å². The Bertz CT molecular complexity index is 904. The van der Waals surface area contributed by atoms with Crippen LogP contribution in [0.1, 0.15) is 12.8 Å². The minimum absolute atomic E-state index is 0.0196. The molecule has 2 aromatic rings. The van der Waals surface area contributed by atoms with Gasteiger partial charge in [-0.15, -0.1) is 10.2 Å². The molecule has 0 amide bonds. The molecule has 0 saturated carbocycles. The van der Waals surface area contributed by atoms with Crippen molar-refractivity contribution >= 4 is 32.6 Å². The number of aromatic nitrogens is 1. The Morgan fingerprint density at radius 1 is 1.29 bits per heavy atom. The highest BCUT2D eigenvalue weighted by atomic mass is 35.5. The van der Waals surface area contributed by atoms with E-state index in [1.165, 1.54) is 18.2 Å². The van der Waals surface area contributed by atoms with Crippen molar-refractivity contribution in [2.24, 2.45) is 10.2 Å². The van der Waals surface area contributed by atoms with Crippen LogP contribution in [-0.2, 0) is 10.0 Å². The van der Waals surface area contributed by atoms with Crippen LogP contribution < -0.4 is 4.72 Å². The van der Waals surface area contributed by atoms with Crippen LogP contribution in [0.3, 0.4) is 0 Å². The van der Waals surface area contributed by atoms with E-state index in [1.54, 1.807) is 0 Å². The first-order valence-electron chi connectivity index (χ1n) is 6.70. The summed E-state index contributed by atoms with van der Waals surface area (Å²) in [5.41, 5.74) is -2.05. The topological polar surface area (TPSA) is 96.9 Å². The number of sulfonamides is 1. The molecule has 12 heteroatoms. The first-order valence-corrected chi connectivity index (χ1v) is 8.56. The molecule has 24 heavy (non-hydrogen) atoms. The normalized spacial score (nSPS) is 16.7. The molecule has 0 fully saturated rings. The molecule has 1 N–H and O–H groups in total.